The Bertz CT molecular complexity index is 494. The highest BCUT2D eigenvalue weighted by Crippen LogP contribution is 2.36. The van der Waals surface area contributed by atoms with Crippen LogP contribution in [0.3, 0.4) is 0 Å². The molecule has 0 aromatic carbocycles. The summed E-state index contributed by atoms with van der Waals surface area (Å²) in [6.45, 7) is 5.19. The lowest BCUT2D eigenvalue weighted by molar-refractivity contribution is -0.266. The van der Waals surface area contributed by atoms with Crippen LogP contribution in [0.25, 0.3) is 0 Å². The monoisotopic (exact) mass is 343 g/mol. The van der Waals surface area contributed by atoms with Gasteiger partial charge in [0.15, 0.2) is 0 Å². The summed E-state index contributed by atoms with van der Waals surface area (Å²) in [6, 6.07) is -0.808. The van der Waals surface area contributed by atoms with Crippen LogP contribution in [0, 0.1) is 0 Å². The summed E-state index contributed by atoms with van der Waals surface area (Å²) in [6.07, 6.45) is -4.12. The summed E-state index contributed by atoms with van der Waals surface area (Å²) in [4.78, 5) is 24.3. The van der Waals surface area contributed by atoms with Gasteiger partial charge in [-0.05, 0) is 33.6 Å². The molecule has 1 unspecified atom stereocenters. The lowest BCUT2D eigenvalue weighted by Crippen LogP contribution is -2.43. The molecule has 1 aliphatic rings. The molecule has 132 valence electrons. The summed E-state index contributed by atoms with van der Waals surface area (Å²) < 4.78 is 67.1. The van der Waals surface area contributed by atoms with E-state index in [4.69, 9.17) is 4.74 Å². The minimum Gasteiger partial charge on any atom is -0.458 e. The van der Waals surface area contributed by atoms with E-state index < -0.39 is 35.5 Å². The Morgan fingerprint density at radius 2 is 1.70 bits per heavy atom. The molecule has 0 aliphatic carbocycles. The number of halogens is 5. The second-order valence-corrected chi connectivity index (χ2v) is 6.18. The van der Waals surface area contributed by atoms with E-state index in [2.05, 4.69) is 0 Å². The summed E-state index contributed by atoms with van der Waals surface area (Å²) >= 11 is 0. The fourth-order valence-corrected chi connectivity index (χ4v) is 2.00. The van der Waals surface area contributed by atoms with Crippen molar-refractivity contribution in [3.63, 3.8) is 0 Å². The van der Waals surface area contributed by atoms with Gasteiger partial charge in [0.1, 0.15) is 11.6 Å². The molecule has 1 heterocycles. The van der Waals surface area contributed by atoms with Crippen molar-refractivity contribution in [3.8, 4) is 0 Å². The average molecular weight is 343 g/mol. The van der Waals surface area contributed by atoms with Gasteiger partial charge in [0.25, 0.3) is 0 Å². The van der Waals surface area contributed by atoms with Gasteiger partial charge in [0.05, 0.1) is 0 Å². The summed E-state index contributed by atoms with van der Waals surface area (Å²) in [5.41, 5.74) is -0.756. The zero-order valence-corrected chi connectivity index (χ0v) is 12.9. The first-order valence-electron chi connectivity index (χ1n) is 6.91. The summed E-state index contributed by atoms with van der Waals surface area (Å²) in [5.74, 6) is -8.44. The number of carbonyl (C=O) groups excluding carboxylic acids is 2. The Balaban J connectivity index is 2.79. The lowest BCUT2D eigenvalue weighted by Gasteiger charge is -2.26. The van der Waals surface area contributed by atoms with Gasteiger partial charge in [-0.15, -0.1) is 0 Å². The van der Waals surface area contributed by atoms with Crippen LogP contribution in [0.5, 0.6) is 0 Å². The number of rotatable bonds is 4. The largest absolute Gasteiger partial charge is 0.461 e. The van der Waals surface area contributed by atoms with E-state index in [1.54, 1.807) is 20.8 Å². The Morgan fingerprint density at radius 3 is 2.17 bits per heavy atom. The lowest BCUT2D eigenvalue weighted by atomic mass is 10.1. The molecule has 0 saturated carbocycles. The topological polar surface area (TPSA) is 46.6 Å². The SMILES string of the molecule is CC(C)(C)OC(=O)C1CCCN1C=CC(=O)C(F)(F)C(F)(F)F. The quantitative estimate of drug-likeness (QED) is 0.447. The molecule has 0 aromatic heterocycles. The molecular weight excluding hydrogens is 325 g/mol. The zero-order valence-electron chi connectivity index (χ0n) is 12.9. The highest BCUT2D eigenvalue weighted by atomic mass is 19.4. The number of alkyl halides is 5. The number of ether oxygens (including phenoxy) is 1. The molecule has 4 nitrogen and oxygen atoms in total. The normalized spacial score (nSPS) is 20.2. The van der Waals surface area contributed by atoms with E-state index in [9.17, 15) is 31.5 Å². The summed E-state index contributed by atoms with van der Waals surface area (Å²) in [5, 5.41) is 0. The molecule has 0 radical (unpaired) electrons. The van der Waals surface area contributed by atoms with Gasteiger partial charge in [0.2, 0.25) is 5.78 Å². The van der Waals surface area contributed by atoms with Gasteiger partial charge in [-0.25, -0.2) is 4.79 Å². The maximum Gasteiger partial charge on any atom is 0.461 e. The fourth-order valence-electron chi connectivity index (χ4n) is 2.00. The molecule has 0 spiro atoms. The summed E-state index contributed by atoms with van der Waals surface area (Å²) in [7, 11) is 0. The molecule has 0 amide bonds. The third-order valence-electron chi connectivity index (χ3n) is 3.06. The van der Waals surface area contributed by atoms with Crippen molar-refractivity contribution in [1.82, 2.24) is 4.90 Å². The number of carbonyl (C=O) groups is 2. The fraction of sp³-hybridized carbons (Fsp3) is 0.714. The van der Waals surface area contributed by atoms with Crippen LogP contribution in [0.1, 0.15) is 33.6 Å². The van der Waals surface area contributed by atoms with Crippen molar-refractivity contribution in [2.45, 2.75) is 57.4 Å². The highest BCUT2D eigenvalue weighted by Gasteiger charge is 2.62. The number of allylic oxidation sites excluding steroid dienone is 1. The van der Waals surface area contributed by atoms with Crippen molar-refractivity contribution >= 4 is 11.8 Å². The second kappa shape index (κ2) is 6.45. The van der Waals surface area contributed by atoms with Gasteiger partial charge in [0, 0.05) is 18.8 Å². The van der Waals surface area contributed by atoms with Gasteiger partial charge in [-0.1, -0.05) is 0 Å². The number of hydrogen-bond donors (Lipinski definition) is 0. The Morgan fingerprint density at radius 1 is 1.13 bits per heavy atom. The van der Waals surface area contributed by atoms with E-state index in [0.717, 1.165) is 6.20 Å². The van der Waals surface area contributed by atoms with Gasteiger partial charge < -0.3 is 9.64 Å². The maximum atomic E-state index is 12.8. The van der Waals surface area contributed by atoms with E-state index in [0.29, 0.717) is 12.8 Å². The van der Waals surface area contributed by atoms with Gasteiger partial charge in [-0.2, -0.15) is 22.0 Å². The third kappa shape index (κ3) is 4.90. The van der Waals surface area contributed by atoms with Crippen LogP contribution in [0.15, 0.2) is 12.3 Å². The second-order valence-electron chi connectivity index (χ2n) is 6.18. The predicted molar refractivity (Wildman–Crippen MR) is 70.7 cm³/mol. The molecule has 0 bridgehead atoms. The third-order valence-corrected chi connectivity index (χ3v) is 3.06. The van der Waals surface area contributed by atoms with E-state index in [-0.39, 0.29) is 12.6 Å². The first kappa shape index (κ1) is 19.4. The van der Waals surface area contributed by atoms with Gasteiger partial charge >= 0.3 is 18.1 Å². The van der Waals surface area contributed by atoms with Gasteiger partial charge in [-0.3, -0.25) is 4.79 Å². The van der Waals surface area contributed by atoms with E-state index >= 15 is 0 Å². The van der Waals surface area contributed by atoms with Crippen LogP contribution in [-0.4, -0.2) is 46.9 Å². The average Bonchev–Trinajstić information content (AvgIpc) is 2.80. The molecular formula is C14H18F5NO3. The zero-order chi connectivity index (χ0) is 18.1. The molecule has 1 rings (SSSR count). The van der Waals surface area contributed by atoms with Crippen LogP contribution in [-0.2, 0) is 14.3 Å². The van der Waals surface area contributed by atoms with Crippen LogP contribution < -0.4 is 0 Å². The van der Waals surface area contributed by atoms with Crippen molar-refractivity contribution < 1.29 is 36.3 Å². The predicted octanol–water partition coefficient (Wildman–Crippen LogP) is 3.07. The molecule has 1 fully saturated rings. The molecule has 0 aromatic rings. The van der Waals surface area contributed by atoms with E-state index in [1.807, 2.05) is 0 Å². The minimum atomic E-state index is -5.95. The van der Waals surface area contributed by atoms with E-state index in [1.165, 1.54) is 4.90 Å². The number of ketones is 1. The van der Waals surface area contributed by atoms with Crippen LogP contribution in [0.2, 0.25) is 0 Å². The standard InChI is InChI=1S/C14H18F5NO3/c1-12(2,3)23-11(22)9-5-4-7-20(9)8-6-10(21)13(15,16)14(17,18)19/h6,8-9H,4-5,7H2,1-3H3. The number of nitrogens with zero attached hydrogens (tertiary/aromatic N) is 1. The van der Waals surface area contributed by atoms with Crippen molar-refractivity contribution in [2.75, 3.05) is 6.54 Å². The molecule has 23 heavy (non-hydrogen) atoms. The molecule has 1 aliphatic heterocycles. The maximum absolute atomic E-state index is 12.8. The number of hydrogen-bond acceptors (Lipinski definition) is 4. The van der Waals surface area contributed by atoms with Crippen molar-refractivity contribution in [3.05, 3.63) is 12.3 Å². The Kier molecular flexibility index (Phi) is 5.43. The Labute approximate surface area is 130 Å². The number of esters is 1. The number of likely N-dealkylation sites (tertiary alicyclic amines) is 1. The molecule has 1 atom stereocenters. The van der Waals surface area contributed by atoms with Crippen LogP contribution >= 0.6 is 0 Å². The Hall–Kier alpha value is -1.67. The molecule has 0 N–H and O–H groups in total. The van der Waals surface area contributed by atoms with Crippen molar-refractivity contribution in [2.24, 2.45) is 0 Å². The van der Waals surface area contributed by atoms with Crippen LogP contribution in [0.4, 0.5) is 22.0 Å². The molecule has 9 heteroatoms. The smallest absolute Gasteiger partial charge is 0.458 e. The molecule has 1 saturated heterocycles. The highest BCUT2D eigenvalue weighted by molar-refractivity contribution is 5.96. The minimum absolute atomic E-state index is 0.149. The van der Waals surface area contributed by atoms with Crippen molar-refractivity contribution in [1.29, 1.82) is 0 Å². The first-order valence-corrected chi connectivity index (χ1v) is 6.91. The first-order chi connectivity index (χ1) is 10.3.